The average Bonchev–Trinajstić information content (AvgIpc) is 3.10. The lowest BCUT2D eigenvalue weighted by molar-refractivity contribution is 0.1000. The second kappa shape index (κ2) is 7.47. The summed E-state index contributed by atoms with van der Waals surface area (Å²) in [6.45, 7) is 1.66. The van der Waals surface area contributed by atoms with Crippen molar-refractivity contribution in [3.8, 4) is 11.1 Å². The zero-order chi connectivity index (χ0) is 22.3. The smallest absolute Gasteiger partial charge is 0.258 e. The van der Waals surface area contributed by atoms with E-state index in [1.165, 1.54) is 22.9 Å². The highest BCUT2D eigenvalue weighted by atomic mass is 32.2. The summed E-state index contributed by atoms with van der Waals surface area (Å²) >= 11 is 0. The molecule has 1 amide bonds. The van der Waals surface area contributed by atoms with Crippen LogP contribution in [0, 0.1) is 6.92 Å². The van der Waals surface area contributed by atoms with Crippen LogP contribution in [0.3, 0.4) is 0 Å². The number of nitrogens with zero attached hydrogens (tertiary/aromatic N) is 3. The molecular formula is C21H19N5O4S. The van der Waals surface area contributed by atoms with Crippen molar-refractivity contribution >= 4 is 26.6 Å². The van der Waals surface area contributed by atoms with Crippen LogP contribution in [0.5, 0.6) is 0 Å². The second-order valence-corrected chi connectivity index (χ2v) is 9.16. The molecule has 0 atom stereocenters. The number of nitrogens with one attached hydrogen (secondary N) is 1. The van der Waals surface area contributed by atoms with Gasteiger partial charge in [0.2, 0.25) is 5.91 Å². The summed E-state index contributed by atoms with van der Waals surface area (Å²) in [5.41, 5.74) is 6.90. The molecule has 4 rings (SSSR count). The molecule has 9 nitrogen and oxygen atoms in total. The van der Waals surface area contributed by atoms with Crippen molar-refractivity contribution in [2.24, 2.45) is 12.8 Å². The molecule has 0 radical (unpaired) electrons. The lowest BCUT2D eigenvalue weighted by atomic mass is 10.0. The zero-order valence-corrected chi connectivity index (χ0v) is 17.6. The second-order valence-electron chi connectivity index (χ2n) is 7.20. The molecular weight excluding hydrogens is 418 g/mol. The summed E-state index contributed by atoms with van der Waals surface area (Å²) in [6.07, 6.45) is 1.66. The fraction of sp³-hybridized carbons (Fsp3) is 0.143. The number of nitrogens with two attached hydrogens (primary N) is 1. The van der Waals surface area contributed by atoms with E-state index in [0.29, 0.717) is 33.5 Å². The van der Waals surface area contributed by atoms with E-state index in [1.54, 1.807) is 44.4 Å². The Hall–Kier alpha value is -3.79. The number of sulfone groups is 1. The number of primary amides is 1. The molecule has 0 aliphatic carbocycles. The molecule has 0 aliphatic heterocycles. The molecule has 0 bridgehead atoms. The lowest BCUT2D eigenvalue weighted by Gasteiger charge is -2.12. The normalized spacial score (nSPS) is 11.7. The van der Waals surface area contributed by atoms with Crippen molar-refractivity contribution < 1.29 is 13.2 Å². The Labute approximate surface area is 177 Å². The maximum absolute atomic E-state index is 13.2. The molecule has 31 heavy (non-hydrogen) atoms. The highest BCUT2D eigenvalue weighted by Gasteiger charge is 2.23. The van der Waals surface area contributed by atoms with Gasteiger partial charge < -0.3 is 10.7 Å². The first-order valence-corrected chi connectivity index (χ1v) is 11.0. The Morgan fingerprint density at radius 3 is 2.61 bits per heavy atom. The Morgan fingerprint density at radius 1 is 1.16 bits per heavy atom. The highest BCUT2D eigenvalue weighted by molar-refractivity contribution is 7.90. The quantitative estimate of drug-likeness (QED) is 0.487. The maximum Gasteiger partial charge on any atom is 0.258 e. The van der Waals surface area contributed by atoms with Gasteiger partial charge in [0.1, 0.15) is 5.82 Å². The van der Waals surface area contributed by atoms with Gasteiger partial charge in [0.05, 0.1) is 27.2 Å². The molecule has 0 saturated carbocycles. The number of aromatic nitrogens is 4. The molecule has 158 valence electrons. The molecule has 0 saturated heterocycles. The molecule has 2 heterocycles. The monoisotopic (exact) mass is 437 g/mol. The Morgan fingerprint density at radius 2 is 1.94 bits per heavy atom. The number of hydrogen-bond acceptors (Lipinski definition) is 6. The molecule has 4 aromatic rings. The van der Waals surface area contributed by atoms with Gasteiger partial charge in [-0.2, -0.15) is 5.10 Å². The van der Waals surface area contributed by atoms with Gasteiger partial charge in [-0.05, 0) is 48.9 Å². The minimum Gasteiger partial charge on any atom is -0.366 e. The Bertz CT molecular complexity index is 1500. The van der Waals surface area contributed by atoms with Gasteiger partial charge in [-0.25, -0.2) is 13.4 Å². The standard InChI is InChI=1S/C21H19N5O4S/c1-12-23-18-10-13(3-5-16(18)21(28)24-12)17-9-14(20(22)27)4-6-19(17)31(29,30)11-15-7-8-26(2)25-15/h3-10H,11H2,1-2H3,(H2,22,27)(H,23,24,28). The number of aryl methyl sites for hydroxylation is 2. The molecule has 0 fully saturated rings. The summed E-state index contributed by atoms with van der Waals surface area (Å²) in [7, 11) is -2.10. The van der Waals surface area contributed by atoms with E-state index in [2.05, 4.69) is 15.1 Å². The molecule has 3 N–H and O–H groups in total. The van der Waals surface area contributed by atoms with Crippen LogP contribution in [0.25, 0.3) is 22.0 Å². The SMILES string of the molecule is Cc1nc2cc(-c3cc(C(N)=O)ccc3S(=O)(=O)Cc3ccn(C)n3)ccc2c(=O)[nH]1. The van der Waals surface area contributed by atoms with Crippen molar-refractivity contribution in [3.63, 3.8) is 0 Å². The van der Waals surface area contributed by atoms with E-state index in [1.807, 2.05) is 0 Å². The fourth-order valence-corrected chi connectivity index (χ4v) is 4.90. The van der Waals surface area contributed by atoms with Crippen LogP contribution in [0.4, 0.5) is 0 Å². The number of carbonyl (C=O) groups is 1. The summed E-state index contributed by atoms with van der Waals surface area (Å²) in [5.74, 6) is -0.550. The first kappa shape index (κ1) is 20.5. The molecule has 2 aromatic heterocycles. The minimum absolute atomic E-state index is 0.0315. The van der Waals surface area contributed by atoms with Crippen molar-refractivity contribution in [3.05, 3.63) is 76.1 Å². The maximum atomic E-state index is 13.2. The third kappa shape index (κ3) is 3.97. The van der Waals surface area contributed by atoms with Gasteiger partial charge in [0.15, 0.2) is 9.84 Å². The van der Waals surface area contributed by atoms with E-state index in [4.69, 9.17) is 5.73 Å². The van der Waals surface area contributed by atoms with E-state index in [0.717, 1.165) is 0 Å². The topological polar surface area (TPSA) is 141 Å². The van der Waals surface area contributed by atoms with E-state index in [9.17, 15) is 18.0 Å². The van der Waals surface area contributed by atoms with E-state index < -0.39 is 15.7 Å². The predicted octanol–water partition coefficient (Wildman–Crippen LogP) is 1.70. The molecule has 0 unspecified atom stereocenters. The van der Waals surface area contributed by atoms with Crippen LogP contribution in [-0.2, 0) is 22.6 Å². The number of hydrogen-bond donors (Lipinski definition) is 2. The van der Waals surface area contributed by atoms with Crippen LogP contribution in [0.1, 0.15) is 21.9 Å². The predicted molar refractivity (Wildman–Crippen MR) is 115 cm³/mol. The van der Waals surface area contributed by atoms with Crippen LogP contribution in [0.15, 0.2) is 58.4 Å². The molecule has 0 spiro atoms. The summed E-state index contributed by atoms with van der Waals surface area (Å²) in [5, 5.41) is 4.52. The zero-order valence-electron chi connectivity index (χ0n) is 16.8. The summed E-state index contributed by atoms with van der Waals surface area (Å²) in [6, 6.07) is 10.6. The van der Waals surface area contributed by atoms with Crippen LogP contribution in [0.2, 0.25) is 0 Å². The Kier molecular flexibility index (Phi) is 4.94. The number of H-pyrrole nitrogens is 1. The van der Waals surface area contributed by atoms with Crippen molar-refractivity contribution in [2.75, 3.05) is 0 Å². The number of amides is 1. The Balaban J connectivity index is 1.92. The largest absolute Gasteiger partial charge is 0.366 e. The summed E-state index contributed by atoms with van der Waals surface area (Å²) < 4.78 is 28.0. The number of fused-ring (bicyclic) bond motifs is 1. The first-order chi connectivity index (χ1) is 14.6. The van der Waals surface area contributed by atoms with Crippen LogP contribution >= 0.6 is 0 Å². The summed E-state index contributed by atoms with van der Waals surface area (Å²) in [4.78, 5) is 30.9. The minimum atomic E-state index is -3.81. The lowest BCUT2D eigenvalue weighted by Crippen LogP contribution is -2.13. The van der Waals surface area contributed by atoms with Crippen molar-refractivity contribution in [1.29, 1.82) is 0 Å². The third-order valence-electron chi connectivity index (χ3n) is 4.84. The van der Waals surface area contributed by atoms with E-state index in [-0.39, 0.29) is 21.8 Å². The van der Waals surface area contributed by atoms with Gasteiger partial charge in [-0.15, -0.1) is 0 Å². The van der Waals surface area contributed by atoms with Crippen LogP contribution in [-0.4, -0.2) is 34.1 Å². The molecule has 2 aromatic carbocycles. The molecule has 0 aliphatic rings. The number of benzene rings is 2. The third-order valence-corrected chi connectivity index (χ3v) is 6.54. The number of rotatable bonds is 5. The average molecular weight is 437 g/mol. The van der Waals surface area contributed by atoms with Crippen LogP contribution < -0.4 is 11.3 Å². The van der Waals surface area contributed by atoms with E-state index >= 15 is 0 Å². The van der Waals surface area contributed by atoms with Gasteiger partial charge >= 0.3 is 0 Å². The number of carbonyl (C=O) groups excluding carboxylic acids is 1. The van der Waals surface area contributed by atoms with Crippen molar-refractivity contribution in [2.45, 2.75) is 17.6 Å². The van der Waals surface area contributed by atoms with Gasteiger partial charge in [-0.1, -0.05) is 6.07 Å². The highest BCUT2D eigenvalue weighted by Crippen LogP contribution is 2.31. The van der Waals surface area contributed by atoms with Gasteiger partial charge in [0.25, 0.3) is 5.56 Å². The van der Waals surface area contributed by atoms with Gasteiger partial charge in [0, 0.05) is 24.4 Å². The van der Waals surface area contributed by atoms with Crippen molar-refractivity contribution in [1.82, 2.24) is 19.7 Å². The van der Waals surface area contributed by atoms with Gasteiger partial charge in [-0.3, -0.25) is 14.3 Å². The molecule has 10 heteroatoms. The first-order valence-electron chi connectivity index (χ1n) is 9.30. The fourth-order valence-electron chi connectivity index (χ4n) is 3.42. The number of aromatic amines is 1.